The highest BCUT2D eigenvalue weighted by molar-refractivity contribution is 7.10. The average Bonchev–Trinajstić information content (AvgIpc) is 2.71. The second kappa shape index (κ2) is 4.84. The first-order valence-corrected chi connectivity index (χ1v) is 6.70. The highest BCUT2D eigenvalue weighted by Gasteiger charge is 2.32. The van der Waals surface area contributed by atoms with E-state index in [1.54, 1.807) is 11.3 Å². The number of piperidine rings is 1. The minimum atomic E-state index is -0.553. The van der Waals surface area contributed by atoms with Crippen molar-refractivity contribution in [1.82, 2.24) is 4.90 Å². The van der Waals surface area contributed by atoms with E-state index in [0.717, 1.165) is 25.9 Å². The van der Waals surface area contributed by atoms with Crippen LogP contribution in [0.25, 0.3) is 0 Å². The van der Waals surface area contributed by atoms with Gasteiger partial charge < -0.3 is 10.8 Å². The Morgan fingerprint density at radius 3 is 3.06 bits per heavy atom. The largest absolute Gasteiger partial charge is 0.389 e. The number of rotatable bonds is 3. The lowest BCUT2D eigenvalue weighted by molar-refractivity contribution is -0.0288. The summed E-state index contributed by atoms with van der Waals surface area (Å²) in [6.45, 7) is 4.31. The Bertz CT molecular complexity index is 324. The van der Waals surface area contributed by atoms with Crippen molar-refractivity contribution >= 4 is 11.3 Å². The molecule has 2 atom stereocenters. The number of nitrogens with two attached hydrogens (primary N) is 1. The smallest absolute Gasteiger partial charge is 0.0746 e. The molecule has 0 saturated carbocycles. The predicted octanol–water partition coefficient (Wildman–Crippen LogP) is 1.59. The molecular formula is C12H20N2OS. The van der Waals surface area contributed by atoms with E-state index in [1.165, 1.54) is 4.88 Å². The SMILES string of the molecule is CC1(O)CCCN(C(CN)c2cccs2)C1. The first-order chi connectivity index (χ1) is 7.62. The fourth-order valence-electron chi connectivity index (χ4n) is 2.45. The van der Waals surface area contributed by atoms with Crippen LogP contribution in [0.4, 0.5) is 0 Å². The third-order valence-corrected chi connectivity index (χ3v) is 4.21. The van der Waals surface area contributed by atoms with Crippen LogP contribution in [-0.4, -0.2) is 35.2 Å². The topological polar surface area (TPSA) is 49.5 Å². The Labute approximate surface area is 101 Å². The van der Waals surface area contributed by atoms with E-state index in [0.29, 0.717) is 6.54 Å². The number of β-amino-alcohol motifs (C(OH)–C–C–N with tert-alkyl or cyclic N) is 1. The van der Waals surface area contributed by atoms with Crippen molar-refractivity contribution in [3.05, 3.63) is 22.4 Å². The van der Waals surface area contributed by atoms with E-state index in [-0.39, 0.29) is 6.04 Å². The van der Waals surface area contributed by atoms with Gasteiger partial charge in [0.15, 0.2) is 0 Å². The normalized spacial score (nSPS) is 29.2. The molecule has 4 heteroatoms. The van der Waals surface area contributed by atoms with Gasteiger partial charge in [0.05, 0.1) is 11.6 Å². The number of hydrogen-bond acceptors (Lipinski definition) is 4. The van der Waals surface area contributed by atoms with Crippen LogP contribution in [0.1, 0.15) is 30.7 Å². The van der Waals surface area contributed by atoms with Gasteiger partial charge >= 0.3 is 0 Å². The molecule has 0 radical (unpaired) electrons. The highest BCUT2D eigenvalue weighted by atomic mass is 32.1. The molecule has 1 saturated heterocycles. The Balaban J connectivity index is 2.10. The average molecular weight is 240 g/mol. The maximum atomic E-state index is 10.1. The molecular weight excluding hydrogens is 220 g/mol. The Morgan fingerprint density at radius 2 is 2.50 bits per heavy atom. The van der Waals surface area contributed by atoms with Crippen LogP contribution in [-0.2, 0) is 0 Å². The molecule has 1 aliphatic heterocycles. The molecule has 2 heterocycles. The third-order valence-electron chi connectivity index (χ3n) is 3.24. The summed E-state index contributed by atoms with van der Waals surface area (Å²) in [6.07, 6.45) is 1.94. The molecule has 1 aromatic heterocycles. The van der Waals surface area contributed by atoms with Crippen molar-refractivity contribution in [2.45, 2.75) is 31.4 Å². The standard InChI is InChI=1S/C12H20N2OS/c1-12(15)5-3-6-14(9-12)10(8-13)11-4-2-7-16-11/h2,4,7,10,15H,3,5-6,8-9,13H2,1H3. The van der Waals surface area contributed by atoms with E-state index in [1.807, 2.05) is 6.92 Å². The zero-order valence-electron chi connectivity index (χ0n) is 9.72. The van der Waals surface area contributed by atoms with Crippen LogP contribution >= 0.6 is 11.3 Å². The van der Waals surface area contributed by atoms with Gasteiger partial charge in [0.2, 0.25) is 0 Å². The number of thiophene rings is 1. The Hall–Kier alpha value is -0.420. The van der Waals surface area contributed by atoms with Gasteiger partial charge in [-0.25, -0.2) is 0 Å². The summed E-state index contributed by atoms with van der Waals surface area (Å²) in [5, 5.41) is 12.2. The molecule has 0 aliphatic carbocycles. The van der Waals surface area contributed by atoms with Gasteiger partial charge in [0.25, 0.3) is 0 Å². The lowest BCUT2D eigenvalue weighted by Gasteiger charge is -2.40. The minimum Gasteiger partial charge on any atom is -0.389 e. The molecule has 1 aliphatic rings. The number of aliphatic hydroxyl groups is 1. The van der Waals surface area contributed by atoms with Gasteiger partial charge in [-0.1, -0.05) is 6.07 Å². The van der Waals surface area contributed by atoms with Crippen molar-refractivity contribution < 1.29 is 5.11 Å². The van der Waals surface area contributed by atoms with Gasteiger partial charge in [-0.3, -0.25) is 4.90 Å². The molecule has 2 unspecified atom stereocenters. The van der Waals surface area contributed by atoms with Crippen LogP contribution in [0, 0.1) is 0 Å². The van der Waals surface area contributed by atoms with E-state index in [2.05, 4.69) is 22.4 Å². The summed E-state index contributed by atoms with van der Waals surface area (Å²) in [7, 11) is 0. The fourth-order valence-corrected chi connectivity index (χ4v) is 3.32. The molecule has 3 N–H and O–H groups in total. The van der Waals surface area contributed by atoms with Crippen molar-refractivity contribution in [2.75, 3.05) is 19.6 Å². The van der Waals surface area contributed by atoms with E-state index < -0.39 is 5.60 Å². The van der Waals surface area contributed by atoms with Crippen LogP contribution in [0.3, 0.4) is 0 Å². The second-order valence-corrected chi connectivity index (χ2v) is 5.82. The van der Waals surface area contributed by atoms with Crippen LogP contribution in [0.15, 0.2) is 17.5 Å². The monoisotopic (exact) mass is 240 g/mol. The zero-order valence-corrected chi connectivity index (χ0v) is 10.5. The summed E-state index contributed by atoms with van der Waals surface area (Å²) in [5.74, 6) is 0. The van der Waals surface area contributed by atoms with Gasteiger partial charge in [0, 0.05) is 18.0 Å². The van der Waals surface area contributed by atoms with Gasteiger partial charge in [0.1, 0.15) is 0 Å². The lowest BCUT2D eigenvalue weighted by Crippen LogP contribution is -2.48. The third kappa shape index (κ3) is 2.63. The van der Waals surface area contributed by atoms with Crippen LogP contribution in [0.5, 0.6) is 0 Å². The first kappa shape index (κ1) is 12.0. The van der Waals surface area contributed by atoms with Gasteiger partial charge in [-0.2, -0.15) is 0 Å². The van der Waals surface area contributed by atoms with Crippen LogP contribution < -0.4 is 5.73 Å². The summed E-state index contributed by atoms with van der Waals surface area (Å²) >= 11 is 1.75. The molecule has 0 spiro atoms. The van der Waals surface area contributed by atoms with E-state index in [9.17, 15) is 5.11 Å². The van der Waals surface area contributed by atoms with E-state index in [4.69, 9.17) is 5.73 Å². The Kier molecular flexibility index (Phi) is 3.64. The van der Waals surface area contributed by atoms with Crippen molar-refractivity contribution in [3.8, 4) is 0 Å². The van der Waals surface area contributed by atoms with Crippen molar-refractivity contribution in [3.63, 3.8) is 0 Å². The lowest BCUT2D eigenvalue weighted by atomic mass is 9.94. The van der Waals surface area contributed by atoms with Crippen molar-refractivity contribution in [1.29, 1.82) is 0 Å². The number of likely N-dealkylation sites (tertiary alicyclic amines) is 1. The van der Waals surface area contributed by atoms with E-state index >= 15 is 0 Å². The molecule has 2 rings (SSSR count). The summed E-state index contributed by atoms with van der Waals surface area (Å²) in [6, 6.07) is 4.46. The maximum Gasteiger partial charge on any atom is 0.0746 e. The molecule has 16 heavy (non-hydrogen) atoms. The minimum absolute atomic E-state index is 0.270. The zero-order chi connectivity index (χ0) is 11.6. The molecule has 1 aromatic rings. The number of hydrogen-bond donors (Lipinski definition) is 2. The highest BCUT2D eigenvalue weighted by Crippen LogP contribution is 2.30. The molecule has 90 valence electrons. The summed E-state index contributed by atoms with van der Waals surface area (Å²) in [4.78, 5) is 3.62. The molecule has 3 nitrogen and oxygen atoms in total. The molecule has 0 bridgehead atoms. The number of nitrogens with zero attached hydrogens (tertiary/aromatic N) is 1. The summed E-state index contributed by atoms with van der Waals surface area (Å²) in [5.41, 5.74) is 5.31. The van der Waals surface area contributed by atoms with Crippen molar-refractivity contribution in [2.24, 2.45) is 5.73 Å². The second-order valence-electron chi connectivity index (χ2n) is 4.84. The molecule has 1 fully saturated rings. The van der Waals surface area contributed by atoms with Gasteiger partial charge in [-0.15, -0.1) is 11.3 Å². The molecule has 0 amide bonds. The maximum absolute atomic E-state index is 10.1. The quantitative estimate of drug-likeness (QED) is 0.843. The fraction of sp³-hybridized carbons (Fsp3) is 0.667. The molecule has 0 aromatic carbocycles. The first-order valence-electron chi connectivity index (χ1n) is 5.82. The van der Waals surface area contributed by atoms with Gasteiger partial charge in [-0.05, 0) is 37.8 Å². The summed E-state index contributed by atoms with van der Waals surface area (Å²) < 4.78 is 0. The Morgan fingerprint density at radius 1 is 1.69 bits per heavy atom. The van der Waals surface area contributed by atoms with Crippen LogP contribution in [0.2, 0.25) is 0 Å². The predicted molar refractivity (Wildman–Crippen MR) is 67.5 cm³/mol.